The van der Waals surface area contributed by atoms with Crippen LogP contribution in [-0.4, -0.2) is 29.1 Å². The second-order valence-electron chi connectivity index (χ2n) is 4.07. The minimum Gasteiger partial charge on any atom is -0.494 e. The fourth-order valence-corrected chi connectivity index (χ4v) is 1.63. The molecular weight excluding hydrogens is 279 g/mol. The van der Waals surface area contributed by atoms with Crippen LogP contribution in [0.4, 0.5) is 10.1 Å². The van der Waals surface area contributed by atoms with Crippen molar-refractivity contribution >= 4 is 17.6 Å². The lowest BCUT2D eigenvalue weighted by atomic mass is 10.2. The summed E-state index contributed by atoms with van der Waals surface area (Å²) >= 11 is 0. The van der Waals surface area contributed by atoms with Crippen LogP contribution in [-0.2, 0) is 0 Å². The van der Waals surface area contributed by atoms with Crippen LogP contribution < -0.4 is 10.1 Å². The summed E-state index contributed by atoms with van der Waals surface area (Å²) in [6.45, 7) is 0. The van der Waals surface area contributed by atoms with Crippen molar-refractivity contribution in [2.24, 2.45) is 0 Å². The molecule has 0 atom stereocenters. The van der Waals surface area contributed by atoms with Crippen molar-refractivity contribution in [3.05, 3.63) is 53.6 Å². The van der Waals surface area contributed by atoms with E-state index in [1.807, 2.05) is 0 Å². The molecule has 0 bridgehead atoms. The number of rotatable bonds is 4. The SMILES string of the molecule is COc1cc(C(=O)Nc2cncc(C(=O)O)c2)ccc1F. The average Bonchev–Trinajstić information content (AvgIpc) is 2.47. The molecule has 0 unspecified atom stereocenters. The summed E-state index contributed by atoms with van der Waals surface area (Å²) in [7, 11) is 1.29. The number of carbonyl (C=O) groups excluding carboxylic acids is 1. The van der Waals surface area contributed by atoms with Gasteiger partial charge in [-0.3, -0.25) is 9.78 Å². The van der Waals surface area contributed by atoms with Gasteiger partial charge in [0, 0.05) is 11.8 Å². The lowest BCUT2D eigenvalue weighted by Crippen LogP contribution is -2.13. The standard InChI is InChI=1S/C14H11FN2O4/c1-21-12-5-8(2-3-11(12)15)13(18)17-10-4-9(14(19)20)6-16-7-10/h2-7H,1H3,(H,17,18)(H,19,20). The Balaban J connectivity index is 2.22. The van der Waals surface area contributed by atoms with E-state index < -0.39 is 17.7 Å². The van der Waals surface area contributed by atoms with Gasteiger partial charge in [-0.25, -0.2) is 9.18 Å². The van der Waals surface area contributed by atoms with Crippen LogP contribution in [0.5, 0.6) is 5.75 Å². The molecule has 1 amide bonds. The summed E-state index contributed by atoms with van der Waals surface area (Å²) in [4.78, 5) is 26.5. The van der Waals surface area contributed by atoms with Crippen LogP contribution in [0.15, 0.2) is 36.7 Å². The number of amides is 1. The maximum Gasteiger partial charge on any atom is 0.337 e. The Labute approximate surface area is 119 Å². The molecule has 2 N–H and O–H groups in total. The van der Waals surface area contributed by atoms with Crippen molar-refractivity contribution in [2.75, 3.05) is 12.4 Å². The number of aromatic nitrogens is 1. The third-order valence-corrected chi connectivity index (χ3v) is 2.66. The van der Waals surface area contributed by atoms with Crippen molar-refractivity contribution in [3.63, 3.8) is 0 Å². The Hall–Kier alpha value is -2.96. The normalized spacial score (nSPS) is 10.0. The number of carbonyl (C=O) groups is 2. The summed E-state index contributed by atoms with van der Waals surface area (Å²) in [5.41, 5.74) is 0.349. The Kier molecular flexibility index (Phi) is 4.13. The van der Waals surface area contributed by atoms with Crippen LogP contribution in [0.2, 0.25) is 0 Å². The number of benzene rings is 1. The number of halogens is 1. The van der Waals surface area contributed by atoms with Gasteiger partial charge in [0.25, 0.3) is 5.91 Å². The van der Waals surface area contributed by atoms with Crippen LogP contribution in [0, 0.1) is 5.82 Å². The summed E-state index contributed by atoms with van der Waals surface area (Å²) in [5.74, 6) is -2.32. The first-order valence-corrected chi connectivity index (χ1v) is 5.84. The number of hydrogen-bond donors (Lipinski definition) is 2. The Bertz CT molecular complexity index is 703. The highest BCUT2D eigenvalue weighted by atomic mass is 19.1. The first-order chi connectivity index (χ1) is 10.0. The maximum absolute atomic E-state index is 13.3. The number of carboxylic acid groups (broad SMARTS) is 1. The molecule has 108 valence electrons. The fourth-order valence-electron chi connectivity index (χ4n) is 1.63. The molecule has 0 radical (unpaired) electrons. The zero-order valence-electron chi connectivity index (χ0n) is 11.0. The number of anilines is 1. The number of nitrogens with zero attached hydrogens (tertiary/aromatic N) is 1. The first kappa shape index (κ1) is 14.4. The number of ether oxygens (including phenoxy) is 1. The van der Waals surface area contributed by atoms with Gasteiger partial charge >= 0.3 is 5.97 Å². The van der Waals surface area contributed by atoms with Crippen molar-refractivity contribution in [3.8, 4) is 5.75 Å². The quantitative estimate of drug-likeness (QED) is 0.901. The molecule has 0 fully saturated rings. The topological polar surface area (TPSA) is 88.5 Å². The van der Waals surface area contributed by atoms with E-state index >= 15 is 0 Å². The van der Waals surface area contributed by atoms with Crippen LogP contribution >= 0.6 is 0 Å². The van der Waals surface area contributed by atoms with Crippen LogP contribution in [0.3, 0.4) is 0 Å². The summed E-state index contributed by atoms with van der Waals surface area (Å²) in [6, 6.07) is 4.93. The zero-order chi connectivity index (χ0) is 15.4. The monoisotopic (exact) mass is 290 g/mol. The number of nitrogens with one attached hydrogen (secondary N) is 1. The van der Waals surface area contributed by atoms with E-state index in [9.17, 15) is 14.0 Å². The van der Waals surface area contributed by atoms with E-state index in [4.69, 9.17) is 9.84 Å². The maximum atomic E-state index is 13.3. The summed E-state index contributed by atoms with van der Waals surface area (Å²) in [6.07, 6.45) is 2.48. The van der Waals surface area contributed by atoms with Crippen LogP contribution in [0.25, 0.3) is 0 Å². The smallest absolute Gasteiger partial charge is 0.337 e. The van der Waals surface area contributed by atoms with Gasteiger partial charge in [-0.05, 0) is 24.3 Å². The molecule has 0 aliphatic heterocycles. The van der Waals surface area contributed by atoms with Gasteiger partial charge in [-0.1, -0.05) is 0 Å². The third-order valence-electron chi connectivity index (χ3n) is 2.66. The summed E-state index contributed by atoms with van der Waals surface area (Å²) < 4.78 is 18.1. The highest BCUT2D eigenvalue weighted by Crippen LogP contribution is 2.19. The number of pyridine rings is 1. The van der Waals surface area contributed by atoms with Gasteiger partial charge in [-0.2, -0.15) is 0 Å². The molecule has 0 spiro atoms. The number of aromatic carboxylic acids is 1. The van der Waals surface area contributed by atoms with Gasteiger partial charge < -0.3 is 15.2 Å². The molecule has 0 saturated heterocycles. The molecule has 0 aliphatic rings. The van der Waals surface area contributed by atoms with Crippen molar-refractivity contribution in [1.29, 1.82) is 0 Å². The minimum absolute atomic E-state index is 0.0514. The second kappa shape index (κ2) is 6.00. The predicted octanol–water partition coefficient (Wildman–Crippen LogP) is 2.18. The van der Waals surface area contributed by atoms with Crippen molar-refractivity contribution in [1.82, 2.24) is 4.98 Å². The number of hydrogen-bond acceptors (Lipinski definition) is 4. The lowest BCUT2D eigenvalue weighted by Gasteiger charge is -2.07. The molecule has 2 rings (SSSR count). The van der Waals surface area contributed by atoms with E-state index in [0.29, 0.717) is 0 Å². The Morgan fingerprint density at radius 2 is 2.00 bits per heavy atom. The van der Waals surface area contributed by atoms with E-state index in [1.165, 1.54) is 37.7 Å². The largest absolute Gasteiger partial charge is 0.494 e. The van der Waals surface area contributed by atoms with Gasteiger partial charge in [0.05, 0.1) is 24.6 Å². The molecule has 21 heavy (non-hydrogen) atoms. The molecule has 1 heterocycles. The molecular formula is C14H11FN2O4. The van der Waals surface area contributed by atoms with E-state index in [1.54, 1.807) is 0 Å². The third kappa shape index (κ3) is 3.33. The fraction of sp³-hybridized carbons (Fsp3) is 0.0714. The number of carboxylic acids is 1. The highest BCUT2D eigenvalue weighted by molar-refractivity contribution is 6.04. The molecule has 7 heteroatoms. The van der Waals surface area contributed by atoms with Gasteiger partial charge in [0.1, 0.15) is 0 Å². The van der Waals surface area contributed by atoms with Crippen LogP contribution in [0.1, 0.15) is 20.7 Å². The zero-order valence-corrected chi connectivity index (χ0v) is 11.0. The predicted molar refractivity (Wildman–Crippen MR) is 72.1 cm³/mol. The summed E-state index contributed by atoms with van der Waals surface area (Å²) in [5, 5.41) is 11.3. The molecule has 0 saturated carbocycles. The lowest BCUT2D eigenvalue weighted by molar-refractivity contribution is 0.0696. The molecule has 0 aliphatic carbocycles. The van der Waals surface area contributed by atoms with Gasteiger partial charge in [0.2, 0.25) is 0 Å². The first-order valence-electron chi connectivity index (χ1n) is 5.84. The molecule has 1 aromatic carbocycles. The van der Waals surface area contributed by atoms with Crippen molar-refractivity contribution < 1.29 is 23.8 Å². The Morgan fingerprint density at radius 1 is 1.24 bits per heavy atom. The van der Waals surface area contributed by atoms with E-state index in [2.05, 4.69) is 10.3 Å². The number of methoxy groups -OCH3 is 1. The molecule has 2 aromatic rings. The van der Waals surface area contributed by atoms with Gasteiger partial charge in [0.15, 0.2) is 11.6 Å². The van der Waals surface area contributed by atoms with Gasteiger partial charge in [-0.15, -0.1) is 0 Å². The molecule has 1 aromatic heterocycles. The van der Waals surface area contributed by atoms with E-state index in [0.717, 1.165) is 6.07 Å². The second-order valence-corrected chi connectivity index (χ2v) is 4.07. The van der Waals surface area contributed by atoms with E-state index in [-0.39, 0.29) is 22.6 Å². The minimum atomic E-state index is -1.15. The highest BCUT2D eigenvalue weighted by Gasteiger charge is 2.12. The average molecular weight is 290 g/mol. The molecule has 6 nitrogen and oxygen atoms in total. The van der Waals surface area contributed by atoms with Crippen molar-refractivity contribution in [2.45, 2.75) is 0 Å². The Morgan fingerprint density at radius 3 is 2.67 bits per heavy atom.